The molecule has 0 bridgehead atoms. The van der Waals surface area contributed by atoms with Crippen LogP contribution in [0.25, 0.3) is 0 Å². The molecule has 1 unspecified atom stereocenters. The molecule has 4 heteroatoms. The van der Waals surface area contributed by atoms with Crippen molar-refractivity contribution >= 4 is 5.91 Å². The molecule has 4 nitrogen and oxygen atoms in total. The van der Waals surface area contributed by atoms with E-state index >= 15 is 0 Å². The van der Waals surface area contributed by atoms with Gasteiger partial charge in [-0.2, -0.15) is 0 Å². The number of β-amino-alcohol motifs (C(OH)–C–C–N with tert-alkyl or cyclic N) is 1. The molecule has 1 atom stereocenters. The molecule has 1 saturated heterocycles. The van der Waals surface area contributed by atoms with Crippen molar-refractivity contribution in [2.75, 3.05) is 19.6 Å². The number of likely N-dealkylation sites (tertiary alicyclic amines) is 1. The van der Waals surface area contributed by atoms with E-state index in [0.29, 0.717) is 19.5 Å². The van der Waals surface area contributed by atoms with Crippen LogP contribution in [0.3, 0.4) is 0 Å². The lowest BCUT2D eigenvalue weighted by Gasteiger charge is -2.30. The molecule has 0 spiro atoms. The van der Waals surface area contributed by atoms with Gasteiger partial charge in [-0.1, -0.05) is 0 Å². The Hall–Kier alpha value is -0.610. The maximum absolute atomic E-state index is 11.6. The third kappa shape index (κ3) is 3.64. The van der Waals surface area contributed by atoms with E-state index in [2.05, 4.69) is 0 Å². The average Bonchev–Trinajstić information content (AvgIpc) is 2.18. The molecule has 1 heterocycles. The SMILES string of the molecule is NCCCCC(=O)N1CCCC(O)C1. The summed E-state index contributed by atoms with van der Waals surface area (Å²) in [5.74, 6) is 0.164. The molecule has 1 rings (SSSR count). The highest BCUT2D eigenvalue weighted by Crippen LogP contribution is 2.11. The van der Waals surface area contributed by atoms with E-state index < -0.39 is 0 Å². The third-order valence-corrected chi connectivity index (χ3v) is 2.59. The molecule has 1 fully saturated rings. The summed E-state index contributed by atoms with van der Waals surface area (Å²) < 4.78 is 0. The van der Waals surface area contributed by atoms with Crippen molar-refractivity contribution in [2.45, 2.75) is 38.2 Å². The number of aliphatic hydroxyl groups excluding tert-OH is 1. The van der Waals surface area contributed by atoms with Crippen molar-refractivity contribution in [1.82, 2.24) is 4.90 Å². The van der Waals surface area contributed by atoms with Gasteiger partial charge in [0.15, 0.2) is 0 Å². The zero-order chi connectivity index (χ0) is 10.4. The monoisotopic (exact) mass is 200 g/mol. The highest BCUT2D eigenvalue weighted by molar-refractivity contribution is 5.76. The topological polar surface area (TPSA) is 66.6 Å². The number of piperidine rings is 1. The van der Waals surface area contributed by atoms with E-state index in [1.54, 1.807) is 4.90 Å². The largest absolute Gasteiger partial charge is 0.391 e. The van der Waals surface area contributed by atoms with E-state index in [9.17, 15) is 9.90 Å². The molecule has 0 radical (unpaired) electrons. The summed E-state index contributed by atoms with van der Waals surface area (Å²) in [6.07, 6.45) is 3.77. The Morgan fingerprint density at radius 3 is 2.93 bits per heavy atom. The Morgan fingerprint density at radius 2 is 2.29 bits per heavy atom. The lowest BCUT2D eigenvalue weighted by molar-refractivity contribution is -0.134. The van der Waals surface area contributed by atoms with Crippen LogP contribution in [0.2, 0.25) is 0 Å². The molecule has 0 saturated carbocycles. The van der Waals surface area contributed by atoms with Gasteiger partial charge in [-0.3, -0.25) is 4.79 Å². The van der Waals surface area contributed by atoms with E-state index in [0.717, 1.165) is 32.2 Å². The lowest BCUT2D eigenvalue weighted by Crippen LogP contribution is -2.42. The fourth-order valence-corrected chi connectivity index (χ4v) is 1.76. The van der Waals surface area contributed by atoms with Crippen molar-refractivity contribution in [3.05, 3.63) is 0 Å². The zero-order valence-electron chi connectivity index (χ0n) is 8.61. The summed E-state index contributed by atoms with van der Waals surface area (Å²) in [7, 11) is 0. The van der Waals surface area contributed by atoms with Gasteiger partial charge in [-0.05, 0) is 32.2 Å². The van der Waals surface area contributed by atoms with Gasteiger partial charge in [0.05, 0.1) is 6.10 Å². The highest BCUT2D eigenvalue weighted by Gasteiger charge is 2.21. The fraction of sp³-hybridized carbons (Fsp3) is 0.900. The quantitative estimate of drug-likeness (QED) is 0.632. The van der Waals surface area contributed by atoms with Gasteiger partial charge in [0.1, 0.15) is 0 Å². The predicted molar refractivity (Wildman–Crippen MR) is 54.7 cm³/mol. The molecule has 1 aliphatic heterocycles. The van der Waals surface area contributed by atoms with Gasteiger partial charge in [0.2, 0.25) is 5.91 Å². The number of aliphatic hydroxyl groups is 1. The Morgan fingerprint density at radius 1 is 1.50 bits per heavy atom. The highest BCUT2D eigenvalue weighted by atomic mass is 16.3. The third-order valence-electron chi connectivity index (χ3n) is 2.59. The van der Waals surface area contributed by atoms with Gasteiger partial charge in [-0.15, -0.1) is 0 Å². The van der Waals surface area contributed by atoms with E-state index in [1.165, 1.54) is 0 Å². The van der Waals surface area contributed by atoms with Gasteiger partial charge >= 0.3 is 0 Å². The summed E-state index contributed by atoms with van der Waals surface area (Å²) in [6, 6.07) is 0. The van der Waals surface area contributed by atoms with Crippen LogP contribution in [-0.2, 0) is 4.79 Å². The summed E-state index contributed by atoms with van der Waals surface area (Å²) in [5, 5.41) is 9.39. The number of amides is 1. The molecule has 1 amide bonds. The van der Waals surface area contributed by atoms with E-state index in [-0.39, 0.29) is 12.0 Å². The molecular formula is C10H20N2O2. The van der Waals surface area contributed by atoms with E-state index in [1.807, 2.05) is 0 Å². The van der Waals surface area contributed by atoms with Crippen molar-refractivity contribution in [3.63, 3.8) is 0 Å². The summed E-state index contributed by atoms with van der Waals surface area (Å²) in [4.78, 5) is 13.4. The van der Waals surface area contributed by atoms with Crippen LogP contribution >= 0.6 is 0 Å². The minimum absolute atomic E-state index is 0.164. The van der Waals surface area contributed by atoms with Crippen molar-refractivity contribution in [3.8, 4) is 0 Å². The number of hydrogen-bond donors (Lipinski definition) is 2. The normalized spacial score (nSPS) is 22.4. The first-order valence-electron chi connectivity index (χ1n) is 5.40. The van der Waals surface area contributed by atoms with Crippen LogP contribution in [-0.4, -0.2) is 41.7 Å². The Kier molecular flexibility index (Phi) is 4.90. The first-order chi connectivity index (χ1) is 6.74. The summed E-state index contributed by atoms with van der Waals surface area (Å²) in [5.41, 5.74) is 5.35. The van der Waals surface area contributed by atoms with Crippen LogP contribution in [0.1, 0.15) is 32.1 Å². The smallest absolute Gasteiger partial charge is 0.222 e. The molecule has 82 valence electrons. The number of carbonyl (C=O) groups is 1. The summed E-state index contributed by atoms with van der Waals surface area (Å²) in [6.45, 7) is 1.97. The fourth-order valence-electron chi connectivity index (χ4n) is 1.76. The number of hydrogen-bond acceptors (Lipinski definition) is 3. The van der Waals surface area contributed by atoms with Crippen molar-refractivity contribution in [1.29, 1.82) is 0 Å². The van der Waals surface area contributed by atoms with Crippen LogP contribution in [0.15, 0.2) is 0 Å². The average molecular weight is 200 g/mol. The van der Waals surface area contributed by atoms with Crippen LogP contribution in [0, 0.1) is 0 Å². The predicted octanol–water partition coefficient (Wildman–Crippen LogP) is 0.0987. The standard InChI is InChI=1S/C10H20N2O2/c11-6-2-1-5-10(14)12-7-3-4-9(13)8-12/h9,13H,1-8,11H2. The first kappa shape index (κ1) is 11.5. The molecular weight excluding hydrogens is 180 g/mol. The van der Waals surface area contributed by atoms with Gasteiger partial charge in [0.25, 0.3) is 0 Å². The van der Waals surface area contributed by atoms with Gasteiger partial charge in [0, 0.05) is 19.5 Å². The Labute approximate surface area is 85.1 Å². The maximum Gasteiger partial charge on any atom is 0.222 e. The molecule has 0 aromatic rings. The van der Waals surface area contributed by atoms with E-state index in [4.69, 9.17) is 5.73 Å². The van der Waals surface area contributed by atoms with Crippen molar-refractivity contribution in [2.24, 2.45) is 5.73 Å². The zero-order valence-corrected chi connectivity index (χ0v) is 8.61. The number of carbonyl (C=O) groups excluding carboxylic acids is 1. The maximum atomic E-state index is 11.6. The first-order valence-corrected chi connectivity index (χ1v) is 5.40. The van der Waals surface area contributed by atoms with Crippen LogP contribution in [0.5, 0.6) is 0 Å². The number of nitrogens with zero attached hydrogens (tertiary/aromatic N) is 1. The molecule has 14 heavy (non-hydrogen) atoms. The number of nitrogens with two attached hydrogens (primary N) is 1. The van der Waals surface area contributed by atoms with Gasteiger partial charge < -0.3 is 15.7 Å². The lowest BCUT2D eigenvalue weighted by atomic mass is 10.1. The van der Waals surface area contributed by atoms with Crippen molar-refractivity contribution < 1.29 is 9.90 Å². The number of rotatable bonds is 4. The Bertz CT molecular complexity index is 185. The molecule has 0 aliphatic carbocycles. The second-order valence-corrected chi connectivity index (χ2v) is 3.88. The van der Waals surface area contributed by atoms with Crippen LogP contribution in [0.4, 0.5) is 0 Å². The molecule has 3 N–H and O–H groups in total. The minimum Gasteiger partial charge on any atom is -0.391 e. The molecule has 0 aromatic carbocycles. The molecule has 1 aliphatic rings. The Balaban J connectivity index is 2.22. The van der Waals surface area contributed by atoms with Crippen LogP contribution < -0.4 is 5.73 Å². The summed E-state index contributed by atoms with van der Waals surface area (Å²) >= 11 is 0. The second-order valence-electron chi connectivity index (χ2n) is 3.88. The molecule has 0 aromatic heterocycles. The second kappa shape index (κ2) is 5.98. The van der Waals surface area contributed by atoms with Gasteiger partial charge in [-0.25, -0.2) is 0 Å². The minimum atomic E-state index is -0.317. The number of unbranched alkanes of at least 4 members (excludes halogenated alkanes) is 1.